The summed E-state index contributed by atoms with van der Waals surface area (Å²) in [7, 11) is 0. The fraction of sp³-hybridized carbons (Fsp3) is 0. The van der Waals surface area contributed by atoms with E-state index in [-0.39, 0.29) is 11.7 Å². The van der Waals surface area contributed by atoms with Gasteiger partial charge in [-0.25, -0.2) is 0 Å². The van der Waals surface area contributed by atoms with Crippen LogP contribution in [0.5, 0.6) is 0 Å². The first-order valence-electron chi connectivity index (χ1n) is 4.38. The third-order valence-electron chi connectivity index (χ3n) is 1.70. The van der Waals surface area contributed by atoms with E-state index >= 15 is 0 Å². The van der Waals surface area contributed by atoms with E-state index in [2.05, 4.69) is 4.98 Å². The summed E-state index contributed by atoms with van der Waals surface area (Å²) in [5, 5.41) is 0. The number of nitrogens with zero attached hydrogens (tertiary/aromatic N) is 2. The normalized spacial score (nSPS) is 10.9. The van der Waals surface area contributed by atoms with E-state index in [0.717, 1.165) is 0 Å². The van der Waals surface area contributed by atoms with E-state index in [1.807, 2.05) is 0 Å². The fourth-order valence-corrected chi connectivity index (χ4v) is 1.10. The van der Waals surface area contributed by atoms with E-state index in [4.69, 9.17) is 1.37 Å². The molecule has 3 heteroatoms. The second-order valence-electron chi connectivity index (χ2n) is 2.55. The van der Waals surface area contributed by atoms with Crippen molar-refractivity contribution in [2.75, 3.05) is 0 Å². The van der Waals surface area contributed by atoms with Crippen molar-refractivity contribution in [2.24, 2.45) is 0 Å². The van der Waals surface area contributed by atoms with Crippen molar-refractivity contribution in [1.29, 1.82) is 0 Å². The molecule has 0 amide bonds. The summed E-state index contributed by atoms with van der Waals surface area (Å²) in [6, 6.07) is 8.18. The van der Waals surface area contributed by atoms with E-state index in [1.165, 1.54) is 16.8 Å². The highest BCUT2D eigenvalue weighted by atomic mass is 16.1. The highest BCUT2D eigenvalue weighted by molar-refractivity contribution is 5.27. The molecule has 0 aliphatic carbocycles. The van der Waals surface area contributed by atoms with Crippen LogP contribution in [0.15, 0.2) is 53.7 Å². The maximum Gasteiger partial charge on any atom is 0.255 e. The molecule has 0 aromatic carbocycles. The summed E-state index contributed by atoms with van der Waals surface area (Å²) in [6.45, 7) is 0. The van der Waals surface area contributed by atoms with Gasteiger partial charge < -0.3 is 0 Å². The van der Waals surface area contributed by atoms with Gasteiger partial charge in [0.25, 0.3) is 5.56 Å². The van der Waals surface area contributed by atoms with Crippen molar-refractivity contribution in [3.8, 4) is 5.69 Å². The predicted molar refractivity (Wildman–Crippen MR) is 49.8 cm³/mol. The second-order valence-corrected chi connectivity index (χ2v) is 2.55. The van der Waals surface area contributed by atoms with Gasteiger partial charge in [-0.3, -0.25) is 14.3 Å². The molecular weight excluding hydrogens is 164 g/mol. The van der Waals surface area contributed by atoms with Gasteiger partial charge in [-0.05, 0) is 18.2 Å². The highest BCUT2D eigenvalue weighted by Crippen LogP contribution is 1.99. The number of hydrogen-bond acceptors (Lipinski definition) is 2. The van der Waals surface area contributed by atoms with Crippen LogP contribution in [-0.4, -0.2) is 9.55 Å². The molecule has 0 radical (unpaired) electrons. The van der Waals surface area contributed by atoms with Gasteiger partial charge in [-0.2, -0.15) is 0 Å². The van der Waals surface area contributed by atoms with Crippen molar-refractivity contribution in [2.45, 2.75) is 0 Å². The molecule has 2 aromatic heterocycles. The predicted octanol–water partition coefficient (Wildman–Crippen LogP) is 1.23. The molecule has 0 unspecified atom stereocenters. The molecule has 13 heavy (non-hydrogen) atoms. The topological polar surface area (TPSA) is 34.9 Å². The number of hydrogen-bond donors (Lipinski definition) is 0. The molecule has 64 valence electrons. The molecule has 0 saturated carbocycles. The summed E-state index contributed by atoms with van der Waals surface area (Å²) < 4.78 is 8.69. The molecule has 0 fully saturated rings. The Bertz CT molecular complexity index is 490. The van der Waals surface area contributed by atoms with Crippen molar-refractivity contribution >= 4 is 0 Å². The van der Waals surface area contributed by atoms with Gasteiger partial charge in [-0.1, -0.05) is 6.07 Å². The van der Waals surface area contributed by atoms with Crippen molar-refractivity contribution in [1.82, 2.24) is 9.55 Å². The van der Waals surface area contributed by atoms with Crippen LogP contribution in [0, 0.1) is 0 Å². The zero-order valence-corrected chi connectivity index (χ0v) is 6.84. The lowest BCUT2D eigenvalue weighted by atomic mass is 10.4. The lowest BCUT2D eigenvalue weighted by molar-refractivity contribution is 0.978. The van der Waals surface area contributed by atoms with E-state index in [9.17, 15) is 4.79 Å². The monoisotopic (exact) mass is 173 g/mol. The van der Waals surface area contributed by atoms with Crippen molar-refractivity contribution in [3.05, 3.63) is 59.3 Å². The Balaban J connectivity index is 2.56. The molecule has 0 bridgehead atoms. The Morgan fingerprint density at radius 1 is 1.31 bits per heavy atom. The number of pyridine rings is 2. The van der Waals surface area contributed by atoms with Gasteiger partial charge in [0, 0.05) is 18.4 Å². The minimum Gasteiger partial charge on any atom is -0.283 e. The molecular formula is C10H8N2O. The minimum absolute atomic E-state index is 0.105. The number of rotatable bonds is 1. The van der Waals surface area contributed by atoms with Crippen LogP contribution >= 0.6 is 0 Å². The Hall–Kier alpha value is -1.90. The maximum atomic E-state index is 11.4. The molecule has 2 rings (SSSR count). The Kier molecular flexibility index (Phi) is 1.64. The van der Waals surface area contributed by atoms with Gasteiger partial charge in [0.2, 0.25) is 0 Å². The number of aromatic nitrogens is 2. The molecule has 0 saturated heterocycles. The Morgan fingerprint density at radius 3 is 2.92 bits per heavy atom. The minimum atomic E-state index is -0.105. The summed E-state index contributed by atoms with van der Waals surface area (Å²) in [6.07, 6.45) is 3.37. The van der Waals surface area contributed by atoms with Crippen LogP contribution < -0.4 is 5.56 Å². The van der Waals surface area contributed by atoms with Crippen LogP contribution in [0.3, 0.4) is 0 Å². The quantitative estimate of drug-likeness (QED) is 0.650. The lowest BCUT2D eigenvalue weighted by Crippen LogP contribution is -2.15. The van der Waals surface area contributed by atoms with E-state index in [0.29, 0.717) is 5.69 Å². The summed E-state index contributed by atoms with van der Waals surface area (Å²) in [5.74, 6) is 0. The molecule has 0 spiro atoms. The molecule has 0 aliphatic rings. The first-order valence-corrected chi connectivity index (χ1v) is 3.88. The molecule has 2 aromatic rings. The van der Waals surface area contributed by atoms with Crippen molar-refractivity contribution < 1.29 is 1.37 Å². The summed E-state index contributed by atoms with van der Waals surface area (Å²) in [5.41, 5.74) is 0.568. The third kappa shape index (κ3) is 1.49. The average molecular weight is 173 g/mol. The zero-order valence-electron chi connectivity index (χ0n) is 7.84. The zero-order chi connectivity index (χ0) is 9.97. The third-order valence-corrected chi connectivity index (χ3v) is 1.70. The summed E-state index contributed by atoms with van der Waals surface area (Å²) >= 11 is 0. The highest BCUT2D eigenvalue weighted by Gasteiger charge is 1.95. The van der Waals surface area contributed by atoms with Gasteiger partial charge in [0.1, 0.15) is 0 Å². The Labute approximate surface area is 76.7 Å². The standard InChI is InChI=1S/C10H8N2O/c13-10-5-1-2-7-12(10)9-4-3-6-11-8-9/h1-8H/i6D. The molecule has 3 nitrogen and oxygen atoms in total. The lowest BCUT2D eigenvalue weighted by Gasteiger charge is -2.02. The average Bonchev–Trinajstić information content (AvgIpc) is 2.20. The van der Waals surface area contributed by atoms with Crippen molar-refractivity contribution in [3.63, 3.8) is 0 Å². The van der Waals surface area contributed by atoms with Gasteiger partial charge in [0.05, 0.1) is 13.3 Å². The molecule has 2 heterocycles. The largest absolute Gasteiger partial charge is 0.283 e. The van der Waals surface area contributed by atoms with Crippen LogP contribution in [0.1, 0.15) is 1.37 Å². The first kappa shape index (κ1) is 6.60. The fourth-order valence-electron chi connectivity index (χ4n) is 1.10. The van der Waals surface area contributed by atoms with Crippen LogP contribution in [0.2, 0.25) is 0 Å². The van der Waals surface area contributed by atoms with Crippen LogP contribution in [-0.2, 0) is 0 Å². The van der Waals surface area contributed by atoms with E-state index in [1.54, 1.807) is 30.5 Å². The molecule has 0 N–H and O–H groups in total. The maximum absolute atomic E-state index is 11.4. The van der Waals surface area contributed by atoms with Gasteiger partial charge in [0.15, 0.2) is 0 Å². The van der Waals surface area contributed by atoms with Crippen LogP contribution in [0.25, 0.3) is 5.69 Å². The Morgan fingerprint density at radius 2 is 2.23 bits per heavy atom. The van der Waals surface area contributed by atoms with Crippen LogP contribution in [0.4, 0.5) is 0 Å². The summed E-state index contributed by atoms with van der Waals surface area (Å²) in [4.78, 5) is 15.2. The van der Waals surface area contributed by atoms with Gasteiger partial charge >= 0.3 is 0 Å². The van der Waals surface area contributed by atoms with Gasteiger partial charge in [-0.15, -0.1) is 0 Å². The molecule has 0 aliphatic heterocycles. The first-order chi connectivity index (χ1) is 6.77. The van der Waals surface area contributed by atoms with E-state index < -0.39 is 0 Å². The molecule has 0 atom stereocenters. The SMILES string of the molecule is [2H]c1ccc(-n2ccccc2=O)cn1. The second kappa shape index (κ2) is 3.23. The smallest absolute Gasteiger partial charge is 0.255 e.